The van der Waals surface area contributed by atoms with Crippen LogP contribution in [0.5, 0.6) is 0 Å². The van der Waals surface area contributed by atoms with Gasteiger partial charge in [0.25, 0.3) is 5.92 Å². The summed E-state index contributed by atoms with van der Waals surface area (Å²) in [5.74, 6) is -3.94. The fraction of sp³-hybridized carbons (Fsp3) is 0.500. The molecule has 0 bridgehead atoms. The van der Waals surface area contributed by atoms with Crippen molar-refractivity contribution < 1.29 is 19.0 Å². The van der Waals surface area contributed by atoms with Crippen LogP contribution in [-0.2, 0) is 13.6 Å². The summed E-state index contributed by atoms with van der Waals surface area (Å²) in [6.45, 7) is 2.40. The normalized spacial score (nSPS) is 18.1. The third-order valence-corrected chi connectivity index (χ3v) is 6.31. The van der Waals surface area contributed by atoms with Crippen molar-refractivity contribution in [3.05, 3.63) is 39.9 Å². The molecule has 1 saturated heterocycles. The van der Waals surface area contributed by atoms with Crippen molar-refractivity contribution in [2.24, 2.45) is 13.0 Å². The van der Waals surface area contributed by atoms with E-state index in [1.54, 1.807) is 43.7 Å². The number of aliphatic hydroxyl groups is 2. The van der Waals surface area contributed by atoms with Crippen LogP contribution >= 0.6 is 11.6 Å². The Morgan fingerprint density at radius 3 is 2.71 bits per heavy atom. The number of imidazole rings is 1. The van der Waals surface area contributed by atoms with Gasteiger partial charge in [-0.15, -0.1) is 0 Å². The zero-order valence-electron chi connectivity index (χ0n) is 19.1. The molecule has 0 spiro atoms. The summed E-state index contributed by atoms with van der Waals surface area (Å²) < 4.78 is 31.3. The Morgan fingerprint density at radius 2 is 2.06 bits per heavy atom. The van der Waals surface area contributed by atoms with Crippen LogP contribution in [0.3, 0.4) is 0 Å². The summed E-state index contributed by atoms with van der Waals surface area (Å²) in [6, 6.07) is 5.31. The molecular formula is C22H27ClF2N6O3. The van der Waals surface area contributed by atoms with Crippen molar-refractivity contribution in [1.29, 1.82) is 0 Å². The lowest BCUT2D eigenvalue weighted by Gasteiger charge is -2.18. The first-order valence-electron chi connectivity index (χ1n) is 10.8. The minimum absolute atomic E-state index is 0.0744. The van der Waals surface area contributed by atoms with Crippen molar-refractivity contribution >= 4 is 40.1 Å². The molecule has 3 N–H and O–H groups in total. The first kappa shape index (κ1) is 24.4. The van der Waals surface area contributed by atoms with E-state index in [0.717, 1.165) is 5.52 Å². The van der Waals surface area contributed by atoms with E-state index in [4.69, 9.17) is 11.6 Å². The van der Waals surface area contributed by atoms with Gasteiger partial charge in [0.15, 0.2) is 5.82 Å². The molecule has 184 valence electrons. The number of halogens is 3. The third kappa shape index (κ3) is 4.73. The lowest BCUT2D eigenvalue weighted by atomic mass is 10.1. The van der Waals surface area contributed by atoms with E-state index in [0.29, 0.717) is 24.2 Å². The van der Waals surface area contributed by atoms with Crippen LogP contribution in [0.1, 0.15) is 20.3 Å². The minimum atomic E-state index is -3.05. The van der Waals surface area contributed by atoms with E-state index in [1.807, 2.05) is 0 Å². The first-order valence-corrected chi connectivity index (χ1v) is 11.2. The van der Waals surface area contributed by atoms with Crippen LogP contribution < -0.4 is 15.9 Å². The van der Waals surface area contributed by atoms with Crippen LogP contribution in [0.25, 0.3) is 11.0 Å². The molecule has 1 aliphatic rings. The van der Waals surface area contributed by atoms with E-state index < -0.39 is 30.6 Å². The van der Waals surface area contributed by atoms with Crippen LogP contribution in [-0.4, -0.2) is 60.5 Å². The number of alkyl halides is 2. The maximum Gasteiger partial charge on any atom is 0.328 e. The molecule has 1 aliphatic heterocycles. The van der Waals surface area contributed by atoms with E-state index in [9.17, 15) is 23.8 Å². The van der Waals surface area contributed by atoms with Crippen LogP contribution in [0.4, 0.5) is 26.2 Å². The van der Waals surface area contributed by atoms with Gasteiger partial charge in [-0.2, -0.15) is 4.98 Å². The Balaban J connectivity index is 1.64. The summed E-state index contributed by atoms with van der Waals surface area (Å²) in [5.41, 5.74) is 0.838. The average Bonchev–Trinajstić information content (AvgIpc) is 3.20. The highest BCUT2D eigenvalue weighted by Crippen LogP contribution is 2.35. The summed E-state index contributed by atoms with van der Waals surface area (Å²) in [6.07, 6.45) is 1.72. The van der Waals surface area contributed by atoms with Gasteiger partial charge in [0.2, 0.25) is 5.95 Å². The average molecular weight is 497 g/mol. The molecule has 1 aromatic carbocycles. The van der Waals surface area contributed by atoms with Crippen LogP contribution in [0.15, 0.2) is 29.2 Å². The van der Waals surface area contributed by atoms with Crippen LogP contribution in [0, 0.1) is 5.92 Å². The fourth-order valence-corrected chi connectivity index (χ4v) is 4.15. The zero-order valence-corrected chi connectivity index (χ0v) is 19.9. The van der Waals surface area contributed by atoms with Gasteiger partial charge in [-0.3, -0.25) is 9.13 Å². The van der Waals surface area contributed by atoms with Gasteiger partial charge < -0.3 is 20.4 Å². The molecule has 1 atom stereocenters. The first-order chi connectivity index (χ1) is 15.9. The molecule has 0 amide bonds. The Hall–Kier alpha value is -2.76. The number of hydrogen-bond acceptors (Lipinski definition) is 7. The van der Waals surface area contributed by atoms with Crippen LogP contribution in [0.2, 0.25) is 5.02 Å². The molecule has 0 radical (unpaired) electrons. The summed E-state index contributed by atoms with van der Waals surface area (Å²) in [4.78, 5) is 22.4. The largest absolute Gasteiger partial charge is 0.396 e. The molecule has 9 nitrogen and oxygen atoms in total. The van der Waals surface area contributed by atoms with E-state index in [-0.39, 0.29) is 29.0 Å². The number of aliphatic hydroxyl groups excluding tert-OH is 1. The predicted octanol–water partition coefficient (Wildman–Crippen LogP) is 2.75. The topological polar surface area (TPSA) is 108 Å². The number of aromatic nitrogens is 4. The molecule has 12 heteroatoms. The Labute approximate surface area is 199 Å². The Kier molecular flexibility index (Phi) is 6.30. The van der Waals surface area contributed by atoms with Crippen molar-refractivity contribution in [3.63, 3.8) is 0 Å². The lowest BCUT2D eigenvalue weighted by molar-refractivity contribution is -0.0391. The number of nitrogens with zero attached hydrogens (tertiary/aromatic N) is 5. The molecule has 2 aromatic heterocycles. The molecule has 0 saturated carbocycles. The van der Waals surface area contributed by atoms with Crippen molar-refractivity contribution in [1.82, 2.24) is 19.1 Å². The smallest absolute Gasteiger partial charge is 0.328 e. The van der Waals surface area contributed by atoms with E-state index >= 15 is 0 Å². The SMILES string of the molecule is Cn1c(=O)n(CCC(C)(C)O)c2cc(Nc3nc(N4CC(CO)C(F)(F)C4)ncc3Cl)ccc21. The number of aryl methyl sites for hydroxylation is 2. The third-order valence-electron chi connectivity index (χ3n) is 6.03. The molecular weight excluding hydrogens is 470 g/mol. The number of fused-ring (bicyclic) bond motifs is 1. The highest BCUT2D eigenvalue weighted by atomic mass is 35.5. The van der Waals surface area contributed by atoms with Gasteiger partial charge in [0.05, 0.1) is 41.9 Å². The maximum atomic E-state index is 14.1. The summed E-state index contributed by atoms with van der Waals surface area (Å²) >= 11 is 6.26. The lowest BCUT2D eigenvalue weighted by Crippen LogP contribution is -2.29. The van der Waals surface area contributed by atoms with Crippen molar-refractivity contribution in [3.8, 4) is 0 Å². The second-order valence-electron chi connectivity index (χ2n) is 9.27. The second-order valence-corrected chi connectivity index (χ2v) is 9.68. The monoisotopic (exact) mass is 496 g/mol. The zero-order chi connectivity index (χ0) is 24.8. The highest BCUT2D eigenvalue weighted by molar-refractivity contribution is 6.32. The number of nitrogens with one attached hydrogen (secondary N) is 1. The van der Waals surface area contributed by atoms with Crippen molar-refractivity contribution in [2.45, 2.75) is 38.3 Å². The second kappa shape index (κ2) is 8.79. The molecule has 1 unspecified atom stereocenters. The Morgan fingerprint density at radius 1 is 1.32 bits per heavy atom. The Bertz CT molecular complexity index is 1270. The quantitative estimate of drug-likeness (QED) is 0.461. The molecule has 4 rings (SSSR count). The number of anilines is 3. The van der Waals surface area contributed by atoms with Crippen molar-refractivity contribution in [2.75, 3.05) is 29.9 Å². The standard InChI is InChI=1S/C22H27ClF2N6O3/c1-21(2,34)6-7-31-17-8-14(4-5-16(17)29(3)20(31)33)27-18-15(23)9-26-19(28-18)30-10-13(11-32)22(24,25)12-30/h4-5,8-9,13,32,34H,6-7,10-12H2,1-3H3,(H,26,27,28). The highest BCUT2D eigenvalue weighted by Gasteiger charge is 2.48. The van der Waals surface area contributed by atoms with Gasteiger partial charge in [0.1, 0.15) is 5.02 Å². The van der Waals surface area contributed by atoms with Gasteiger partial charge in [-0.05, 0) is 38.5 Å². The number of benzene rings is 1. The molecule has 3 heterocycles. The molecule has 34 heavy (non-hydrogen) atoms. The fourth-order valence-electron chi connectivity index (χ4n) is 4.02. The van der Waals surface area contributed by atoms with Gasteiger partial charge in [-0.1, -0.05) is 11.6 Å². The maximum absolute atomic E-state index is 14.1. The van der Waals surface area contributed by atoms with E-state index in [2.05, 4.69) is 15.3 Å². The molecule has 0 aliphatic carbocycles. The number of hydrogen-bond donors (Lipinski definition) is 3. The van der Waals surface area contributed by atoms with Gasteiger partial charge in [0, 0.05) is 25.8 Å². The molecule has 1 fully saturated rings. The molecule has 3 aromatic rings. The minimum Gasteiger partial charge on any atom is -0.396 e. The van der Waals surface area contributed by atoms with Gasteiger partial charge >= 0.3 is 5.69 Å². The summed E-state index contributed by atoms with van der Waals surface area (Å²) in [5, 5.41) is 22.6. The summed E-state index contributed by atoms with van der Waals surface area (Å²) in [7, 11) is 1.68. The predicted molar refractivity (Wildman–Crippen MR) is 126 cm³/mol. The van der Waals surface area contributed by atoms with E-state index in [1.165, 1.54) is 15.7 Å². The van der Waals surface area contributed by atoms with Gasteiger partial charge in [-0.25, -0.2) is 18.6 Å². The number of rotatable bonds is 7.